The van der Waals surface area contributed by atoms with Gasteiger partial charge in [0.15, 0.2) is 0 Å². The van der Waals surface area contributed by atoms with Crippen LogP contribution in [-0.2, 0) is 0 Å². The van der Waals surface area contributed by atoms with Crippen molar-refractivity contribution in [3.05, 3.63) is 83.4 Å². The second-order valence-corrected chi connectivity index (χ2v) is 7.42. The average molecular weight is 380 g/mol. The first-order valence-corrected chi connectivity index (χ1v) is 9.57. The standard InChI is InChI=1S/C25H20N2O2/c1-14-7-3-5-9-20(14)27-25(29)19-13-22(28)15(2)23-17(19)11-12-18-16-8-4-6-10-21(16)26-24(18)23/h3-13,26,28H,1-2H3,(H,27,29). The van der Waals surface area contributed by atoms with Crippen LogP contribution in [0.15, 0.2) is 66.7 Å². The lowest BCUT2D eigenvalue weighted by atomic mass is 9.96. The van der Waals surface area contributed by atoms with E-state index in [1.165, 1.54) is 0 Å². The highest BCUT2D eigenvalue weighted by molar-refractivity contribution is 6.23. The van der Waals surface area contributed by atoms with Crippen LogP contribution in [0.3, 0.4) is 0 Å². The molecule has 3 N–H and O–H groups in total. The Morgan fingerprint density at radius 3 is 2.45 bits per heavy atom. The molecule has 1 heterocycles. The number of benzene rings is 4. The minimum absolute atomic E-state index is 0.110. The lowest BCUT2D eigenvalue weighted by Crippen LogP contribution is -2.13. The van der Waals surface area contributed by atoms with E-state index >= 15 is 0 Å². The summed E-state index contributed by atoms with van der Waals surface area (Å²) in [6.45, 7) is 3.83. The zero-order valence-corrected chi connectivity index (χ0v) is 16.2. The normalized spacial score (nSPS) is 11.4. The summed E-state index contributed by atoms with van der Waals surface area (Å²) < 4.78 is 0. The summed E-state index contributed by atoms with van der Waals surface area (Å²) >= 11 is 0. The van der Waals surface area contributed by atoms with Gasteiger partial charge in [-0.15, -0.1) is 0 Å². The summed E-state index contributed by atoms with van der Waals surface area (Å²) in [4.78, 5) is 16.6. The molecule has 0 aliphatic rings. The number of aryl methyl sites for hydroxylation is 2. The summed E-state index contributed by atoms with van der Waals surface area (Å²) in [6.07, 6.45) is 0. The van der Waals surface area contributed by atoms with Crippen molar-refractivity contribution in [2.75, 3.05) is 5.32 Å². The molecule has 4 nitrogen and oxygen atoms in total. The fourth-order valence-corrected chi connectivity index (χ4v) is 4.07. The number of para-hydroxylation sites is 2. The van der Waals surface area contributed by atoms with Gasteiger partial charge in [0.05, 0.1) is 11.1 Å². The lowest BCUT2D eigenvalue weighted by molar-refractivity contribution is 0.102. The predicted octanol–water partition coefficient (Wildman–Crippen LogP) is 6.05. The van der Waals surface area contributed by atoms with Crippen LogP contribution < -0.4 is 5.32 Å². The molecule has 142 valence electrons. The van der Waals surface area contributed by atoms with Gasteiger partial charge < -0.3 is 15.4 Å². The first kappa shape index (κ1) is 17.3. The molecular weight excluding hydrogens is 360 g/mol. The number of nitrogens with one attached hydrogen (secondary N) is 2. The number of anilines is 1. The fourth-order valence-electron chi connectivity index (χ4n) is 4.07. The molecule has 1 amide bonds. The van der Waals surface area contributed by atoms with Crippen molar-refractivity contribution >= 4 is 44.2 Å². The molecule has 0 radical (unpaired) electrons. The third-order valence-electron chi connectivity index (χ3n) is 5.65. The van der Waals surface area contributed by atoms with Gasteiger partial charge >= 0.3 is 0 Å². The van der Waals surface area contributed by atoms with E-state index in [2.05, 4.69) is 16.4 Å². The molecular formula is C25H20N2O2. The van der Waals surface area contributed by atoms with E-state index in [4.69, 9.17) is 0 Å². The molecule has 4 aromatic carbocycles. The van der Waals surface area contributed by atoms with Crippen LogP contribution >= 0.6 is 0 Å². The number of phenols is 1. The minimum atomic E-state index is -0.241. The van der Waals surface area contributed by atoms with Gasteiger partial charge in [-0.3, -0.25) is 4.79 Å². The smallest absolute Gasteiger partial charge is 0.256 e. The van der Waals surface area contributed by atoms with E-state index < -0.39 is 0 Å². The van der Waals surface area contributed by atoms with Crippen molar-refractivity contribution in [1.29, 1.82) is 0 Å². The van der Waals surface area contributed by atoms with E-state index in [-0.39, 0.29) is 11.7 Å². The summed E-state index contributed by atoms with van der Waals surface area (Å²) in [6, 6.07) is 21.3. The Hall–Kier alpha value is -3.79. The van der Waals surface area contributed by atoms with Crippen LogP contribution in [0.25, 0.3) is 32.6 Å². The number of hydrogen-bond donors (Lipinski definition) is 3. The Morgan fingerprint density at radius 1 is 0.897 bits per heavy atom. The molecule has 0 atom stereocenters. The largest absolute Gasteiger partial charge is 0.508 e. The van der Waals surface area contributed by atoms with Gasteiger partial charge in [0.2, 0.25) is 0 Å². The number of phenolic OH excluding ortho intramolecular Hbond substituents is 1. The molecule has 29 heavy (non-hydrogen) atoms. The molecule has 0 bridgehead atoms. The lowest BCUT2D eigenvalue weighted by Gasteiger charge is -2.13. The van der Waals surface area contributed by atoms with Gasteiger partial charge in [-0.25, -0.2) is 0 Å². The molecule has 5 rings (SSSR count). The van der Waals surface area contributed by atoms with Gasteiger partial charge in [-0.05, 0) is 43.0 Å². The topological polar surface area (TPSA) is 65.1 Å². The molecule has 0 saturated heterocycles. The number of H-pyrrole nitrogens is 1. The Morgan fingerprint density at radius 2 is 1.62 bits per heavy atom. The van der Waals surface area contributed by atoms with E-state index in [1.807, 2.05) is 68.4 Å². The van der Waals surface area contributed by atoms with Crippen LogP contribution in [0.4, 0.5) is 5.69 Å². The molecule has 0 aliphatic carbocycles. The number of aromatic nitrogens is 1. The Labute approximate surface area is 167 Å². The molecule has 0 fully saturated rings. The van der Waals surface area contributed by atoms with Gasteiger partial charge in [0.25, 0.3) is 5.91 Å². The molecule has 5 aromatic rings. The van der Waals surface area contributed by atoms with E-state index in [9.17, 15) is 9.90 Å². The minimum Gasteiger partial charge on any atom is -0.508 e. The number of fused-ring (bicyclic) bond motifs is 5. The second kappa shape index (κ2) is 6.38. The second-order valence-electron chi connectivity index (χ2n) is 7.42. The Kier molecular flexibility index (Phi) is 3.81. The Bertz CT molecular complexity index is 1430. The highest BCUT2D eigenvalue weighted by atomic mass is 16.3. The van der Waals surface area contributed by atoms with Crippen LogP contribution in [-0.4, -0.2) is 16.0 Å². The van der Waals surface area contributed by atoms with Crippen LogP contribution in [0.2, 0.25) is 0 Å². The highest BCUT2D eigenvalue weighted by Gasteiger charge is 2.18. The number of carbonyl (C=O) groups is 1. The number of hydrogen-bond acceptors (Lipinski definition) is 2. The third kappa shape index (κ3) is 2.64. The SMILES string of the molecule is Cc1ccccc1NC(=O)c1cc(O)c(C)c2c1ccc1c3ccccc3[nH]c12. The maximum Gasteiger partial charge on any atom is 0.256 e. The highest BCUT2D eigenvalue weighted by Crippen LogP contribution is 2.37. The van der Waals surface area contributed by atoms with Crippen molar-refractivity contribution in [3.63, 3.8) is 0 Å². The van der Waals surface area contributed by atoms with Crippen LogP contribution in [0, 0.1) is 13.8 Å². The fraction of sp³-hybridized carbons (Fsp3) is 0.0800. The quantitative estimate of drug-likeness (QED) is 0.349. The summed E-state index contributed by atoms with van der Waals surface area (Å²) in [7, 11) is 0. The molecule has 0 aliphatic heterocycles. The van der Waals surface area contributed by atoms with Crippen LogP contribution in [0.1, 0.15) is 21.5 Å². The van der Waals surface area contributed by atoms with E-state index in [0.29, 0.717) is 5.56 Å². The summed E-state index contributed by atoms with van der Waals surface area (Å²) in [5.74, 6) is -0.131. The zero-order chi connectivity index (χ0) is 20.1. The zero-order valence-electron chi connectivity index (χ0n) is 16.2. The van der Waals surface area contributed by atoms with Crippen molar-refractivity contribution in [2.24, 2.45) is 0 Å². The molecule has 4 heteroatoms. The number of carbonyl (C=O) groups excluding carboxylic acids is 1. The van der Waals surface area contributed by atoms with Crippen molar-refractivity contribution < 1.29 is 9.90 Å². The van der Waals surface area contributed by atoms with Crippen molar-refractivity contribution in [1.82, 2.24) is 4.98 Å². The first-order chi connectivity index (χ1) is 14.0. The maximum atomic E-state index is 13.1. The molecule has 0 unspecified atom stereocenters. The first-order valence-electron chi connectivity index (χ1n) is 9.57. The predicted molar refractivity (Wildman–Crippen MR) is 119 cm³/mol. The monoisotopic (exact) mass is 380 g/mol. The van der Waals surface area contributed by atoms with Gasteiger partial charge in [-0.1, -0.05) is 48.5 Å². The Balaban J connectivity index is 1.76. The van der Waals surface area contributed by atoms with Gasteiger partial charge in [0, 0.05) is 32.9 Å². The molecule has 0 spiro atoms. The summed E-state index contributed by atoms with van der Waals surface area (Å²) in [5.41, 5.74) is 4.92. The maximum absolute atomic E-state index is 13.1. The van der Waals surface area contributed by atoms with Crippen molar-refractivity contribution in [2.45, 2.75) is 13.8 Å². The van der Waals surface area contributed by atoms with E-state index in [1.54, 1.807) is 6.07 Å². The van der Waals surface area contributed by atoms with Gasteiger partial charge in [-0.2, -0.15) is 0 Å². The molecule has 0 saturated carbocycles. The average Bonchev–Trinajstić information content (AvgIpc) is 3.10. The van der Waals surface area contributed by atoms with Crippen molar-refractivity contribution in [3.8, 4) is 5.75 Å². The van der Waals surface area contributed by atoms with Gasteiger partial charge in [0.1, 0.15) is 5.75 Å². The van der Waals surface area contributed by atoms with E-state index in [0.717, 1.165) is 49.4 Å². The number of amides is 1. The third-order valence-corrected chi connectivity index (χ3v) is 5.65. The number of aromatic hydroxyl groups is 1. The summed E-state index contributed by atoms with van der Waals surface area (Å²) in [5, 5.41) is 17.5. The number of aromatic amines is 1. The molecule has 1 aromatic heterocycles. The van der Waals surface area contributed by atoms with Crippen LogP contribution in [0.5, 0.6) is 5.75 Å². The number of rotatable bonds is 2.